The van der Waals surface area contributed by atoms with E-state index in [9.17, 15) is 9.59 Å². The van der Waals surface area contributed by atoms with Crippen molar-refractivity contribution in [2.24, 2.45) is 5.92 Å². The number of carbonyl (C=O) groups excluding carboxylic acids is 1. The maximum Gasteiger partial charge on any atom is 0.350 e. The van der Waals surface area contributed by atoms with Gasteiger partial charge in [-0.15, -0.1) is 0 Å². The second kappa shape index (κ2) is 8.76. The van der Waals surface area contributed by atoms with E-state index in [0.717, 1.165) is 30.8 Å². The summed E-state index contributed by atoms with van der Waals surface area (Å²) in [6, 6.07) is 9.68. The zero-order chi connectivity index (χ0) is 19.3. The van der Waals surface area contributed by atoms with Crippen molar-refractivity contribution in [3.63, 3.8) is 0 Å². The quantitative estimate of drug-likeness (QED) is 0.761. The summed E-state index contributed by atoms with van der Waals surface area (Å²) in [5.74, 6) is 2.02. The molecule has 2 fully saturated rings. The van der Waals surface area contributed by atoms with E-state index in [1.165, 1.54) is 36.8 Å². The van der Waals surface area contributed by atoms with E-state index in [-0.39, 0.29) is 11.6 Å². The Balaban J connectivity index is 1.33. The summed E-state index contributed by atoms with van der Waals surface area (Å²) < 4.78 is 3.23. The molecule has 0 atom stereocenters. The summed E-state index contributed by atoms with van der Waals surface area (Å²) in [6.45, 7) is 0.854. The predicted octanol–water partition coefficient (Wildman–Crippen LogP) is 3.39. The van der Waals surface area contributed by atoms with Crippen LogP contribution in [0.3, 0.4) is 0 Å². The third-order valence-electron chi connectivity index (χ3n) is 5.97. The van der Waals surface area contributed by atoms with Gasteiger partial charge in [0.1, 0.15) is 5.82 Å². The Kier molecular flexibility index (Phi) is 5.93. The molecular weight excluding hydrogens is 352 g/mol. The fraction of sp³-hybridized carbons (Fsp3) is 0.591. The van der Waals surface area contributed by atoms with Crippen LogP contribution in [0.2, 0.25) is 0 Å². The molecule has 0 saturated heterocycles. The Morgan fingerprint density at radius 1 is 1.07 bits per heavy atom. The van der Waals surface area contributed by atoms with Crippen LogP contribution >= 0.6 is 0 Å². The highest BCUT2D eigenvalue weighted by Gasteiger charge is 2.31. The number of benzene rings is 1. The first kappa shape index (κ1) is 19.0. The summed E-state index contributed by atoms with van der Waals surface area (Å²) in [4.78, 5) is 25.0. The Hall–Kier alpha value is -2.37. The Morgan fingerprint density at radius 3 is 2.54 bits per heavy atom. The van der Waals surface area contributed by atoms with E-state index in [0.29, 0.717) is 31.3 Å². The molecule has 2 saturated carbocycles. The summed E-state index contributed by atoms with van der Waals surface area (Å²) in [6.07, 6.45) is 10.2. The SMILES string of the molecule is O=C(CCC1CCCCC1)NCCn1nc(C2CC2)n(-c2ccccc2)c1=O. The highest BCUT2D eigenvalue weighted by molar-refractivity contribution is 5.75. The molecule has 150 valence electrons. The molecule has 6 nitrogen and oxygen atoms in total. The number of rotatable bonds is 8. The standard InChI is InChI=1S/C22H30N4O2/c27-20(14-11-17-7-3-1-4-8-17)23-15-16-25-22(28)26(19-9-5-2-6-10-19)21(24-25)18-12-13-18/h2,5-6,9-10,17-18H,1,3-4,7-8,11-16H2,(H,23,27). The Bertz CT molecular complexity index is 845. The lowest BCUT2D eigenvalue weighted by molar-refractivity contribution is -0.121. The molecule has 1 heterocycles. The van der Waals surface area contributed by atoms with Gasteiger partial charge in [0.25, 0.3) is 0 Å². The normalized spacial score (nSPS) is 17.6. The number of hydrogen-bond acceptors (Lipinski definition) is 3. The zero-order valence-corrected chi connectivity index (χ0v) is 16.5. The molecule has 4 rings (SSSR count). The summed E-state index contributed by atoms with van der Waals surface area (Å²) in [7, 11) is 0. The number of amides is 1. The summed E-state index contributed by atoms with van der Waals surface area (Å²) in [5, 5.41) is 7.54. The largest absolute Gasteiger partial charge is 0.354 e. The van der Waals surface area contributed by atoms with Crippen molar-refractivity contribution in [2.75, 3.05) is 6.54 Å². The van der Waals surface area contributed by atoms with Crippen LogP contribution in [-0.4, -0.2) is 26.8 Å². The molecule has 1 aromatic carbocycles. The lowest BCUT2D eigenvalue weighted by Crippen LogP contribution is -2.32. The van der Waals surface area contributed by atoms with Gasteiger partial charge in [-0.3, -0.25) is 4.79 Å². The Morgan fingerprint density at radius 2 is 1.82 bits per heavy atom. The van der Waals surface area contributed by atoms with Crippen LogP contribution in [0.4, 0.5) is 0 Å². The van der Waals surface area contributed by atoms with Crippen molar-refractivity contribution in [1.29, 1.82) is 0 Å². The minimum absolute atomic E-state index is 0.0866. The molecule has 1 aromatic heterocycles. The number of para-hydroxylation sites is 1. The first-order valence-corrected chi connectivity index (χ1v) is 10.7. The van der Waals surface area contributed by atoms with E-state index in [1.54, 1.807) is 4.57 Å². The monoisotopic (exact) mass is 382 g/mol. The Labute approximate surface area is 165 Å². The molecule has 6 heteroatoms. The lowest BCUT2D eigenvalue weighted by atomic mass is 9.86. The van der Waals surface area contributed by atoms with E-state index in [1.807, 2.05) is 30.3 Å². The van der Waals surface area contributed by atoms with Crippen molar-refractivity contribution in [1.82, 2.24) is 19.7 Å². The predicted molar refractivity (Wildman–Crippen MR) is 109 cm³/mol. The van der Waals surface area contributed by atoms with Gasteiger partial charge in [0.15, 0.2) is 0 Å². The molecule has 1 N–H and O–H groups in total. The van der Waals surface area contributed by atoms with Gasteiger partial charge in [0.05, 0.1) is 12.2 Å². The van der Waals surface area contributed by atoms with E-state index in [4.69, 9.17) is 0 Å². The van der Waals surface area contributed by atoms with Gasteiger partial charge >= 0.3 is 5.69 Å². The maximum atomic E-state index is 12.9. The molecule has 1 amide bonds. The van der Waals surface area contributed by atoms with E-state index < -0.39 is 0 Å². The molecule has 0 bridgehead atoms. The highest BCUT2D eigenvalue weighted by atomic mass is 16.2. The van der Waals surface area contributed by atoms with Gasteiger partial charge in [-0.05, 0) is 37.3 Å². The smallest absolute Gasteiger partial charge is 0.350 e. The van der Waals surface area contributed by atoms with Crippen LogP contribution in [0.1, 0.15) is 69.5 Å². The third-order valence-corrected chi connectivity index (χ3v) is 5.97. The molecule has 0 aliphatic heterocycles. The fourth-order valence-corrected chi connectivity index (χ4v) is 4.20. The van der Waals surface area contributed by atoms with Crippen molar-refractivity contribution in [3.05, 3.63) is 46.6 Å². The topological polar surface area (TPSA) is 68.9 Å². The van der Waals surface area contributed by atoms with Gasteiger partial charge in [-0.25, -0.2) is 14.0 Å². The van der Waals surface area contributed by atoms with Crippen molar-refractivity contribution in [2.45, 2.75) is 70.3 Å². The first-order valence-electron chi connectivity index (χ1n) is 10.7. The number of aromatic nitrogens is 3. The molecule has 2 aromatic rings. The van der Waals surface area contributed by atoms with E-state index in [2.05, 4.69) is 10.4 Å². The maximum absolute atomic E-state index is 12.9. The molecule has 0 unspecified atom stereocenters. The molecule has 2 aliphatic rings. The number of nitrogens with one attached hydrogen (secondary N) is 1. The average molecular weight is 383 g/mol. The molecular formula is C22H30N4O2. The molecule has 0 radical (unpaired) electrons. The number of hydrogen-bond donors (Lipinski definition) is 1. The average Bonchev–Trinajstić information content (AvgIpc) is 3.52. The van der Waals surface area contributed by atoms with Crippen LogP contribution in [0, 0.1) is 5.92 Å². The van der Waals surface area contributed by atoms with Crippen LogP contribution in [0.25, 0.3) is 5.69 Å². The lowest BCUT2D eigenvalue weighted by Gasteiger charge is -2.20. The van der Waals surface area contributed by atoms with Crippen LogP contribution in [0.5, 0.6) is 0 Å². The zero-order valence-electron chi connectivity index (χ0n) is 16.5. The fourth-order valence-electron chi connectivity index (χ4n) is 4.20. The molecule has 2 aliphatic carbocycles. The third kappa shape index (κ3) is 4.54. The van der Waals surface area contributed by atoms with Gasteiger partial charge in [-0.2, -0.15) is 5.10 Å². The van der Waals surface area contributed by atoms with Crippen molar-refractivity contribution < 1.29 is 4.79 Å². The summed E-state index contributed by atoms with van der Waals surface area (Å²) >= 11 is 0. The summed E-state index contributed by atoms with van der Waals surface area (Å²) in [5.41, 5.74) is 0.738. The molecule has 0 spiro atoms. The van der Waals surface area contributed by atoms with Gasteiger partial charge in [0, 0.05) is 18.9 Å². The number of nitrogens with zero attached hydrogens (tertiary/aromatic N) is 3. The van der Waals surface area contributed by atoms with E-state index >= 15 is 0 Å². The minimum atomic E-state index is -0.121. The van der Waals surface area contributed by atoms with Crippen molar-refractivity contribution >= 4 is 5.91 Å². The van der Waals surface area contributed by atoms with Crippen LogP contribution < -0.4 is 11.0 Å². The highest BCUT2D eigenvalue weighted by Crippen LogP contribution is 2.39. The second-order valence-corrected chi connectivity index (χ2v) is 8.20. The van der Waals surface area contributed by atoms with Gasteiger partial charge < -0.3 is 5.32 Å². The van der Waals surface area contributed by atoms with Crippen LogP contribution in [-0.2, 0) is 11.3 Å². The van der Waals surface area contributed by atoms with Gasteiger partial charge in [-0.1, -0.05) is 50.3 Å². The first-order chi connectivity index (χ1) is 13.7. The second-order valence-electron chi connectivity index (χ2n) is 8.20. The van der Waals surface area contributed by atoms with Gasteiger partial charge in [0.2, 0.25) is 5.91 Å². The van der Waals surface area contributed by atoms with Crippen molar-refractivity contribution in [3.8, 4) is 5.69 Å². The van der Waals surface area contributed by atoms with Crippen LogP contribution in [0.15, 0.2) is 35.1 Å². The molecule has 28 heavy (non-hydrogen) atoms. The minimum Gasteiger partial charge on any atom is -0.354 e. The number of carbonyl (C=O) groups is 1.